The average molecular weight is 258 g/mol. The molecule has 0 aromatic heterocycles. The molecule has 104 valence electrons. The van der Waals surface area contributed by atoms with Crippen LogP contribution in [0.3, 0.4) is 0 Å². The monoisotopic (exact) mass is 258 g/mol. The van der Waals surface area contributed by atoms with Crippen LogP contribution in [0.25, 0.3) is 0 Å². The summed E-state index contributed by atoms with van der Waals surface area (Å²) >= 11 is 0. The van der Waals surface area contributed by atoms with Gasteiger partial charge in [-0.25, -0.2) is 4.79 Å². The fourth-order valence-electron chi connectivity index (χ4n) is 2.26. The molecule has 1 heterocycles. The highest BCUT2D eigenvalue weighted by atomic mass is 16.5. The van der Waals surface area contributed by atoms with Gasteiger partial charge in [0.2, 0.25) is 5.91 Å². The van der Waals surface area contributed by atoms with Crippen molar-refractivity contribution in [1.29, 1.82) is 0 Å². The van der Waals surface area contributed by atoms with Gasteiger partial charge in [-0.3, -0.25) is 9.69 Å². The summed E-state index contributed by atoms with van der Waals surface area (Å²) in [6.45, 7) is 7.32. The molecule has 1 aliphatic rings. The van der Waals surface area contributed by atoms with Gasteiger partial charge in [-0.05, 0) is 13.8 Å². The molecule has 0 aromatic carbocycles. The van der Waals surface area contributed by atoms with Crippen LogP contribution in [-0.2, 0) is 19.1 Å². The van der Waals surface area contributed by atoms with Gasteiger partial charge < -0.3 is 14.8 Å². The number of carbonyl (C=O) groups is 2. The first-order valence-corrected chi connectivity index (χ1v) is 6.15. The summed E-state index contributed by atoms with van der Waals surface area (Å²) in [5, 5.41) is 2.61. The van der Waals surface area contributed by atoms with Gasteiger partial charge in [0.05, 0.1) is 19.3 Å². The summed E-state index contributed by atoms with van der Waals surface area (Å²) in [5.74, 6) is -0.656. The number of methoxy groups -OCH3 is 1. The topological polar surface area (TPSA) is 67.9 Å². The van der Waals surface area contributed by atoms with Crippen molar-refractivity contribution < 1.29 is 19.1 Å². The highest BCUT2D eigenvalue weighted by Gasteiger charge is 2.28. The van der Waals surface area contributed by atoms with Crippen LogP contribution in [0.15, 0.2) is 0 Å². The zero-order valence-corrected chi connectivity index (χ0v) is 11.4. The molecule has 1 amide bonds. The van der Waals surface area contributed by atoms with Gasteiger partial charge in [0.1, 0.15) is 6.04 Å². The first-order valence-electron chi connectivity index (χ1n) is 6.15. The number of nitrogens with one attached hydrogen (secondary N) is 1. The quantitative estimate of drug-likeness (QED) is 0.706. The van der Waals surface area contributed by atoms with E-state index in [0.717, 1.165) is 13.1 Å². The summed E-state index contributed by atoms with van der Waals surface area (Å²) in [7, 11) is 1.32. The predicted molar refractivity (Wildman–Crippen MR) is 66.1 cm³/mol. The third kappa shape index (κ3) is 4.62. The lowest BCUT2D eigenvalue weighted by atomic mass is 10.2. The number of carbonyl (C=O) groups excluding carboxylic acids is 2. The van der Waals surface area contributed by atoms with E-state index in [-0.39, 0.29) is 18.1 Å². The number of rotatable bonds is 4. The van der Waals surface area contributed by atoms with Crippen LogP contribution < -0.4 is 5.32 Å². The maximum absolute atomic E-state index is 11.6. The fraction of sp³-hybridized carbons (Fsp3) is 0.833. The Labute approximate surface area is 108 Å². The second-order valence-electron chi connectivity index (χ2n) is 4.75. The molecule has 3 unspecified atom stereocenters. The van der Waals surface area contributed by atoms with Crippen LogP contribution in [0, 0.1) is 0 Å². The molecular weight excluding hydrogens is 236 g/mol. The van der Waals surface area contributed by atoms with E-state index in [0.29, 0.717) is 6.54 Å². The molecule has 0 spiro atoms. The fourth-order valence-corrected chi connectivity index (χ4v) is 2.26. The van der Waals surface area contributed by atoms with E-state index in [4.69, 9.17) is 9.47 Å². The molecule has 0 saturated carbocycles. The van der Waals surface area contributed by atoms with Gasteiger partial charge >= 0.3 is 5.97 Å². The minimum absolute atomic E-state index is 0.129. The summed E-state index contributed by atoms with van der Waals surface area (Å²) in [5.41, 5.74) is 0. The van der Waals surface area contributed by atoms with Gasteiger partial charge in [-0.2, -0.15) is 0 Å². The van der Waals surface area contributed by atoms with Gasteiger partial charge in [0.25, 0.3) is 0 Å². The van der Waals surface area contributed by atoms with Crippen LogP contribution in [-0.4, -0.2) is 61.8 Å². The molecule has 3 atom stereocenters. The largest absolute Gasteiger partial charge is 0.467 e. The van der Waals surface area contributed by atoms with Crippen molar-refractivity contribution in [3.05, 3.63) is 0 Å². The molecule has 0 aliphatic carbocycles. The Balaban J connectivity index is 2.58. The Morgan fingerprint density at radius 2 is 1.94 bits per heavy atom. The van der Waals surface area contributed by atoms with Crippen LogP contribution in [0.4, 0.5) is 0 Å². The maximum Gasteiger partial charge on any atom is 0.329 e. The second kappa shape index (κ2) is 6.70. The molecule has 1 rings (SSSR count). The van der Waals surface area contributed by atoms with E-state index in [9.17, 15) is 9.59 Å². The number of amides is 1. The predicted octanol–water partition coefficient (Wildman–Crippen LogP) is -0.227. The Kier molecular flexibility index (Phi) is 5.55. The molecule has 6 nitrogen and oxygen atoms in total. The van der Waals surface area contributed by atoms with E-state index in [2.05, 4.69) is 10.2 Å². The van der Waals surface area contributed by atoms with Crippen molar-refractivity contribution in [3.63, 3.8) is 0 Å². The first-order chi connectivity index (χ1) is 8.42. The summed E-state index contributed by atoms with van der Waals surface area (Å²) in [6, 6.07) is -0.620. The molecular formula is C12H22N2O4. The van der Waals surface area contributed by atoms with Crippen molar-refractivity contribution in [2.75, 3.05) is 26.7 Å². The second-order valence-corrected chi connectivity index (χ2v) is 4.75. The van der Waals surface area contributed by atoms with Crippen molar-refractivity contribution in [1.82, 2.24) is 10.2 Å². The van der Waals surface area contributed by atoms with E-state index >= 15 is 0 Å². The first kappa shape index (κ1) is 14.9. The summed E-state index contributed by atoms with van der Waals surface area (Å²) in [4.78, 5) is 24.8. The summed E-state index contributed by atoms with van der Waals surface area (Å²) < 4.78 is 10.3. The highest BCUT2D eigenvalue weighted by Crippen LogP contribution is 2.11. The van der Waals surface area contributed by atoms with Gasteiger partial charge in [0.15, 0.2) is 0 Å². The Hall–Kier alpha value is -1.14. The van der Waals surface area contributed by atoms with E-state index in [1.807, 2.05) is 13.8 Å². The van der Waals surface area contributed by atoms with Crippen molar-refractivity contribution >= 4 is 11.9 Å². The molecule has 1 saturated heterocycles. The minimum atomic E-state index is -0.620. The molecule has 18 heavy (non-hydrogen) atoms. The Bertz CT molecular complexity index is 298. The molecule has 1 aliphatic heterocycles. The molecule has 1 N–H and O–H groups in total. The number of esters is 1. The lowest BCUT2D eigenvalue weighted by molar-refractivity contribution is -0.146. The van der Waals surface area contributed by atoms with Crippen molar-refractivity contribution in [3.8, 4) is 0 Å². The van der Waals surface area contributed by atoms with E-state index in [1.165, 1.54) is 14.0 Å². The van der Waals surface area contributed by atoms with E-state index < -0.39 is 12.0 Å². The molecule has 0 radical (unpaired) electrons. The molecule has 0 aromatic rings. The lowest BCUT2D eigenvalue weighted by Gasteiger charge is -2.36. The third-order valence-corrected chi connectivity index (χ3v) is 2.80. The third-order valence-electron chi connectivity index (χ3n) is 2.80. The van der Waals surface area contributed by atoms with Gasteiger partial charge in [-0.1, -0.05) is 0 Å². The van der Waals surface area contributed by atoms with Gasteiger partial charge in [-0.15, -0.1) is 0 Å². The van der Waals surface area contributed by atoms with Crippen LogP contribution in [0.2, 0.25) is 0 Å². The number of nitrogens with zero attached hydrogens (tertiary/aromatic N) is 1. The lowest BCUT2D eigenvalue weighted by Crippen LogP contribution is -2.53. The minimum Gasteiger partial charge on any atom is -0.467 e. The zero-order chi connectivity index (χ0) is 13.7. The molecule has 1 fully saturated rings. The van der Waals surface area contributed by atoms with Crippen molar-refractivity contribution in [2.45, 2.75) is 39.0 Å². The molecule has 0 bridgehead atoms. The average Bonchev–Trinajstić information content (AvgIpc) is 2.25. The number of morpholine rings is 1. The number of hydrogen-bond donors (Lipinski definition) is 1. The van der Waals surface area contributed by atoms with Crippen LogP contribution in [0.5, 0.6) is 0 Å². The zero-order valence-electron chi connectivity index (χ0n) is 11.4. The van der Waals surface area contributed by atoms with Crippen molar-refractivity contribution in [2.24, 2.45) is 0 Å². The Morgan fingerprint density at radius 3 is 2.39 bits per heavy atom. The SMILES string of the molecule is COC(=O)C(CN1CC(C)OC(C)C1)NC(C)=O. The van der Waals surface area contributed by atoms with Crippen LogP contribution in [0.1, 0.15) is 20.8 Å². The van der Waals surface area contributed by atoms with Gasteiger partial charge in [0, 0.05) is 26.6 Å². The highest BCUT2D eigenvalue weighted by molar-refractivity contribution is 5.83. The standard InChI is InChI=1S/C12H22N2O4/c1-8-5-14(6-9(2)18-8)7-11(12(16)17-4)13-10(3)15/h8-9,11H,5-7H2,1-4H3,(H,13,15). The smallest absolute Gasteiger partial charge is 0.329 e. The normalized spacial score (nSPS) is 26.4. The van der Waals surface area contributed by atoms with Crippen LogP contribution >= 0.6 is 0 Å². The summed E-state index contributed by atoms with van der Waals surface area (Å²) in [6.07, 6.45) is 0.258. The number of ether oxygens (including phenoxy) is 2. The van der Waals surface area contributed by atoms with E-state index in [1.54, 1.807) is 0 Å². The maximum atomic E-state index is 11.6. The number of hydrogen-bond acceptors (Lipinski definition) is 5. The Morgan fingerprint density at radius 1 is 1.39 bits per heavy atom. The molecule has 6 heteroatoms.